The van der Waals surface area contributed by atoms with E-state index in [4.69, 9.17) is 0 Å². The van der Waals surface area contributed by atoms with Gasteiger partial charge in [-0.2, -0.15) is 4.98 Å². The highest BCUT2D eigenvalue weighted by Crippen LogP contribution is 2.30. The Balaban J connectivity index is 1.91. The summed E-state index contributed by atoms with van der Waals surface area (Å²) in [6.07, 6.45) is 2.29. The lowest BCUT2D eigenvalue weighted by Crippen LogP contribution is -2.32. The second-order valence-corrected chi connectivity index (χ2v) is 9.91. The molecular weight excluding hydrogens is 394 g/mol. The van der Waals surface area contributed by atoms with Crippen LogP contribution < -0.4 is 15.8 Å². The van der Waals surface area contributed by atoms with Gasteiger partial charge in [-0.3, -0.25) is 14.2 Å². The van der Waals surface area contributed by atoms with E-state index < -0.39 is 0 Å². The van der Waals surface area contributed by atoms with Gasteiger partial charge in [0, 0.05) is 25.2 Å². The third kappa shape index (κ3) is 4.68. The van der Waals surface area contributed by atoms with Gasteiger partial charge >= 0.3 is 0 Å². The van der Waals surface area contributed by atoms with Crippen LogP contribution in [0.1, 0.15) is 53.5 Å². The van der Waals surface area contributed by atoms with Crippen molar-refractivity contribution in [3.05, 3.63) is 10.4 Å². The number of rotatable bonds is 6. The Morgan fingerprint density at radius 3 is 2.54 bits per heavy atom. The minimum absolute atomic E-state index is 0.0403. The number of anilines is 1. The molecule has 154 valence electrons. The molecule has 0 saturated carbocycles. The van der Waals surface area contributed by atoms with Gasteiger partial charge in [-0.15, -0.1) is 0 Å². The molecule has 2 aromatic heterocycles. The molecule has 1 aliphatic heterocycles. The predicted octanol–water partition coefficient (Wildman–Crippen LogP) is 3.29. The summed E-state index contributed by atoms with van der Waals surface area (Å²) >= 11 is 2.73. The summed E-state index contributed by atoms with van der Waals surface area (Å²) < 4.78 is 2.27. The van der Waals surface area contributed by atoms with E-state index in [0.717, 1.165) is 37.0 Å². The molecule has 0 aromatic carbocycles. The standard InChI is InChI=1S/C19H29N5O2S2/c1-11(2)20-14(25)10-27-19-22-16-15(17(26)24(19)12(3)4)28-18(21-16)23-8-6-13(5)7-9-23/h11-13H,6-10H2,1-5H3,(H,20,25). The van der Waals surface area contributed by atoms with E-state index in [9.17, 15) is 9.59 Å². The monoisotopic (exact) mass is 423 g/mol. The molecule has 0 unspecified atom stereocenters. The Labute approximate surface area is 173 Å². The highest BCUT2D eigenvalue weighted by Gasteiger charge is 2.23. The fourth-order valence-corrected chi connectivity index (χ4v) is 5.16. The summed E-state index contributed by atoms with van der Waals surface area (Å²) in [6.45, 7) is 12.0. The van der Waals surface area contributed by atoms with Crippen LogP contribution in [-0.4, -0.2) is 45.3 Å². The van der Waals surface area contributed by atoms with Crippen molar-refractivity contribution in [2.24, 2.45) is 5.92 Å². The van der Waals surface area contributed by atoms with Crippen LogP contribution in [-0.2, 0) is 4.79 Å². The average molecular weight is 424 g/mol. The summed E-state index contributed by atoms with van der Waals surface area (Å²) in [5, 5.41) is 4.30. The molecule has 1 saturated heterocycles. The van der Waals surface area contributed by atoms with Gasteiger partial charge in [0.05, 0.1) is 5.75 Å². The van der Waals surface area contributed by atoms with Crippen LogP contribution in [0.5, 0.6) is 0 Å². The van der Waals surface area contributed by atoms with Crippen LogP contribution >= 0.6 is 23.1 Å². The zero-order chi connectivity index (χ0) is 20.4. The zero-order valence-corrected chi connectivity index (χ0v) is 18.8. The van der Waals surface area contributed by atoms with E-state index in [1.54, 1.807) is 4.57 Å². The first-order valence-corrected chi connectivity index (χ1v) is 11.7. The van der Waals surface area contributed by atoms with Crippen molar-refractivity contribution in [1.29, 1.82) is 0 Å². The average Bonchev–Trinajstić information content (AvgIpc) is 3.04. The molecule has 0 radical (unpaired) electrons. The largest absolute Gasteiger partial charge is 0.353 e. The lowest BCUT2D eigenvalue weighted by Gasteiger charge is -2.29. The molecule has 28 heavy (non-hydrogen) atoms. The number of carbonyl (C=O) groups is 1. The summed E-state index contributed by atoms with van der Waals surface area (Å²) in [5.41, 5.74) is 0.424. The Bertz CT molecular complexity index is 898. The van der Waals surface area contributed by atoms with Crippen molar-refractivity contribution in [2.45, 2.75) is 64.7 Å². The Morgan fingerprint density at radius 1 is 1.25 bits per heavy atom. The highest BCUT2D eigenvalue weighted by atomic mass is 32.2. The number of piperidine rings is 1. The van der Waals surface area contributed by atoms with Crippen LogP contribution in [0.4, 0.5) is 5.13 Å². The van der Waals surface area contributed by atoms with Crippen molar-refractivity contribution in [2.75, 3.05) is 23.7 Å². The molecule has 0 spiro atoms. The molecule has 3 heterocycles. The van der Waals surface area contributed by atoms with E-state index >= 15 is 0 Å². The van der Waals surface area contributed by atoms with Crippen LogP contribution in [0.2, 0.25) is 0 Å². The molecule has 9 heteroatoms. The number of hydrogen-bond donors (Lipinski definition) is 1. The number of aromatic nitrogens is 3. The zero-order valence-electron chi connectivity index (χ0n) is 17.2. The number of hydrogen-bond acceptors (Lipinski definition) is 7. The smallest absolute Gasteiger partial charge is 0.274 e. The quantitative estimate of drug-likeness (QED) is 0.567. The van der Waals surface area contributed by atoms with E-state index in [2.05, 4.69) is 27.1 Å². The first-order valence-electron chi connectivity index (χ1n) is 9.86. The summed E-state index contributed by atoms with van der Waals surface area (Å²) in [7, 11) is 0. The second kappa shape index (κ2) is 8.82. The number of nitrogens with zero attached hydrogens (tertiary/aromatic N) is 4. The maximum atomic E-state index is 13.1. The van der Waals surface area contributed by atoms with Gasteiger partial charge < -0.3 is 10.2 Å². The molecular formula is C19H29N5O2S2. The van der Waals surface area contributed by atoms with Gasteiger partial charge in [0.25, 0.3) is 5.56 Å². The number of carbonyl (C=O) groups excluding carboxylic acids is 1. The van der Waals surface area contributed by atoms with Crippen molar-refractivity contribution in [3.63, 3.8) is 0 Å². The topological polar surface area (TPSA) is 80.1 Å². The van der Waals surface area contributed by atoms with Gasteiger partial charge in [0.2, 0.25) is 5.91 Å². The van der Waals surface area contributed by atoms with Crippen molar-refractivity contribution in [3.8, 4) is 0 Å². The molecule has 1 fully saturated rings. The number of nitrogens with one attached hydrogen (secondary N) is 1. The number of amides is 1. The van der Waals surface area contributed by atoms with Gasteiger partial charge in [-0.25, -0.2) is 4.98 Å². The summed E-state index contributed by atoms with van der Waals surface area (Å²) in [6, 6.07) is 0.0469. The fraction of sp³-hybridized carbons (Fsp3) is 0.684. The second-order valence-electron chi connectivity index (χ2n) is 7.99. The SMILES string of the molecule is CC1CCN(c2nc3nc(SCC(=O)NC(C)C)n(C(C)C)c(=O)c3s2)CC1. The Kier molecular flexibility index (Phi) is 6.65. The van der Waals surface area contributed by atoms with Crippen molar-refractivity contribution < 1.29 is 4.79 Å². The first kappa shape index (κ1) is 21.1. The number of fused-ring (bicyclic) bond motifs is 1. The third-order valence-electron chi connectivity index (χ3n) is 4.77. The lowest BCUT2D eigenvalue weighted by atomic mass is 10.00. The minimum Gasteiger partial charge on any atom is -0.353 e. The molecule has 0 atom stereocenters. The normalized spacial score (nSPS) is 15.8. The van der Waals surface area contributed by atoms with E-state index in [-0.39, 0.29) is 29.3 Å². The molecule has 7 nitrogen and oxygen atoms in total. The van der Waals surface area contributed by atoms with E-state index in [1.807, 2.05) is 27.7 Å². The first-order chi connectivity index (χ1) is 13.3. The molecule has 1 amide bonds. The van der Waals surface area contributed by atoms with Gasteiger partial charge in [-0.05, 0) is 46.5 Å². The highest BCUT2D eigenvalue weighted by molar-refractivity contribution is 7.99. The lowest BCUT2D eigenvalue weighted by molar-refractivity contribution is -0.119. The molecule has 0 bridgehead atoms. The van der Waals surface area contributed by atoms with Gasteiger partial charge in [-0.1, -0.05) is 30.0 Å². The van der Waals surface area contributed by atoms with Crippen LogP contribution in [0, 0.1) is 5.92 Å². The fourth-order valence-electron chi connectivity index (χ4n) is 3.24. The summed E-state index contributed by atoms with van der Waals surface area (Å²) in [4.78, 5) is 36.7. The van der Waals surface area contributed by atoms with E-state index in [1.165, 1.54) is 23.1 Å². The molecule has 3 rings (SSSR count). The summed E-state index contributed by atoms with van der Waals surface area (Å²) in [5.74, 6) is 0.900. The van der Waals surface area contributed by atoms with Crippen molar-refractivity contribution >= 4 is 44.5 Å². The molecule has 1 aliphatic rings. The van der Waals surface area contributed by atoms with Crippen molar-refractivity contribution in [1.82, 2.24) is 19.9 Å². The van der Waals surface area contributed by atoms with Crippen LogP contribution in [0.3, 0.4) is 0 Å². The maximum Gasteiger partial charge on any atom is 0.274 e. The number of thioether (sulfide) groups is 1. The van der Waals surface area contributed by atoms with Crippen LogP contribution in [0.25, 0.3) is 10.3 Å². The molecule has 1 N–H and O–H groups in total. The maximum absolute atomic E-state index is 13.1. The van der Waals surface area contributed by atoms with E-state index in [0.29, 0.717) is 15.5 Å². The van der Waals surface area contributed by atoms with Crippen LogP contribution in [0.15, 0.2) is 9.95 Å². The number of thiazole rings is 1. The third-order valence-corrected chi connectivity index (χ3v) is 6.82. The van der Waals surface area contributed by atoms with Gasteiger partial charge in [0.1, 0.15) is 4.70 Å². The molecule has 0 aliphatic carbocycles. The predicted molar refractivity (Wildman–Crippen MR) is 117 cm³/mol. The minimum atomic E-state index is -0.0686. The molecule has 2 aromatic rings. The Morgan fingerprint density at radius 2 is 1.93 bits per heavy atom. The Hall–Kier alpha value is -1.61. The van der Waals surface area contributed by atoms with Gasteiger partial charge in [0.15, 0.2) is 15.9 Å².